The summed E-state index contributed by atoms with van der Waals surface area (Å²) in [5, 5.41) is 9.96. The minimum absolute atomic E-state index is 0.0235. The van der Waals surface area contributed by atoms with Crippen LogP contribution in [0.1, 0.15) is 142 Å². The maximum Gasteiger partial charge on any atom is 0.313 e. The lowest BCUT2D eigenvalue weighted by Gasteiger charge is -2.46. The monoisotopic (exact) mass is 610 g/mol. The average Bonchev–Trinajstić information content (AvgIpc) is 2.94. The molecule has 1 aliphatic carbocycles. The van der Waals surface area contributed by atoms with Gasteiger partial charge in [-0.2, -0.15) is 0 Å². The van der Waals surface area contributed by atoms with Gasteiger partial charge in [0, 0.05) is 11.1 Å². The highest BCUT2D eigenvalue weighted by molar-refractivity contribution is 5.78. The predicted octanol–water partition coefficient (Wildman–Crippen LogP) is 11.4. The molecule has 0 aliphatic heterocycles. The number of ether oxygens (including phenoxy) is 1. The van der Waals surface area contributed by atoms with Crippen LogP contribution in [0.3, 0.4) is 0 Å². The quantitative estimate of drug-likeness (QED) is 0.232. The molecule has 0 fully saturated rings. The van der Waals surface area contributed by atoms with Gasteiger partial charge in [0.05, 0.1) is 5.41 Å². The number of carbonyl (C=O) groups excluding carboxylic acids is 1. The van der Waals surface area contributed by atoms with E-state index in [4.69, 9.17) is 4.74 Å². The Morgan fingerprint density at radius 3 is 1.76 bits per heavy atom. The SMILES string of the molecule is CC(C)(C)CC(c1ccc(O)cc1)C(C)(C)CCC(C)(C)CC(C)(C(=O)OC1c2ccccc2Cc2ccccc21)C(C)(C)C. The molecule has 244 valence electrons. The molecule has 3 aromatic rings. The number of esters is 1. The molecule has 3 nitrogen and oxygen atoms in total. The van der Waals surface area contributed by atoms with Crippen molar-refractivity contribution in [3.05, 3.63) is 101 Å². The summed E-state index contributed by atoms with van der Waals surface area (Å²) < 4.78 is 6.63. The maximum absolute atomic E-state index is 14.5. The second-order valence-corrected chi connectivity index (χ2v) is 17.7. The lowest BCUT2D eigenvalue weighted by atomic mass is 9.58. The van der Waals surface area contributed by atoms with E-state index in [9.17, 15) is 9.90 Å². The summed E-state index contributed by atoms with van der Waals surface area (Å²) in [5.74, 6) is 0.536. The topological polar surface area (TPSA) is 46.5 Å². The van der Waals surface area contributed by atoms with E-state index in [0.717, 1.165) is 43.2 Å². The molecule has 4 rings (SSSR count). The van der Waals surface area contributed by atoms with Crippen molar-refractivity contribution in [2.75, 3.05) is 0 Å². The Kier molecular flexibility index (Phi) is 9.75. The Balaban J connectivity index is 1.58. The molecule has 0 radical (unpaired) electrons. The number of aromatic hydroxyl groups is 1. The first-order chi connectivity index (χ1) is 20.7. The van der Waals surface area contributed by atoms with Gasteiger partial charge in [-0.05, 0) is 95.4 Å². The zero-order chi connectivity index (χ0) is 33.4. The van der Waals surface area contributed by atoms with E-state index in [1.165, 1.54) is 16.7 Å². The Hall–Kier alpha value is -3.07. The molecule has 45 heavy (non-hydrogen) atoms. The van der Waals surface area contributed by atoms with E-state index < -0.39 is 11.5 Å². The molecule has 2 atom stereocenters. The highest BCUT2D eigenvalue weighted by Gasteiger charge is 2.50. The number of benzene rings is 3. The predicted molar refractivity (Wildman–Crippen MR) is 188 cm³/mol. The lowest BCUT2D eigenvalue weighted by molar-refractivity contribution is -0.169. The fourth-order valence-electron chi connectivity index (χ4n) is 7.33. The molecule has 0 heterocycles. The van der Waals surface area contributed by atoms with Gasteiger partial charge in [-0.1, -0.05) is 130 Å². The smallest absolute Gasteiger partial charge is 0.313 e. The van der Waals surface area contributed by atoms with Crippen LogP contribution in [0.5, 0.6) is 5.75 Å². The normalized spacial score (nSPS) is 16.3. The summed E-state index contributed by atoms with van der Waals surface area (Å²) in [4.78, 5) is 14.5. The van der Waals surface area contributed by atoms with Crippen molar-refractivity contribution in [1.29, 1.82) is 0 Å². The van der Waals surface area contributed by atoms with Crippen molar-refractivity contribution in [3.8, 4) is 5.75 Å². The lowest BCUT2D eigenvalue weighted by Crippen LogP contribution is -2.45. The second kappa shape index (κ2) is 12.6. The molecule has 0 saturated carbocycles. The van der Waals surface area contributed by atoms with Gasteiger partial charge >= 0.3 is 5.97 Å². The number of phenols is 1. The van der Waals surface area contributed by atoms with Gasteiger partial charge in [0.2, 0.25) is 0 Å². The van der Waals surface area contributed by atoms with E-state index in [1.54, 1.807) is 0 Å². The summed E-state index contributed by atoms with van der Waals surface area (Å²) in [6.45, 7) is 25.0. The second-order valence-electron chi connectivity index (χ2n) is 17.7. The van der Waals surface area contributed by atoms with Gasteiger partial charge in [-0.15, -0.1) is 0 Å². The highest BCUT2D eigenvalue weighted by Crippen LogP contribution is 2.53. The first-order valence-electron chi connectivity index (χ1n) is 16.9. The third-order valence-electron chi connectivity index (χ3n) is 10.7. The largest absolute Gasteiger partial charge is 0.508 e. The van der Waals surface area contributed by atoms with Gasteiger partial charge in [0.25, 0.3) is 0 Å². The zero-order valence-electron chi connectivity index (χ0n) is 29.9. The Morgan fingerprint density at radius 2 is 1.27 bits per heavy atom. The summed E-state index contributed by atoms with van der Waals surface area (Å²) >= 11 is 0. The minimum Gasteiger partial charge on any atom is -0.508 e. The fraction of sp³-hybridized carbons (Fsp3) is 0.548. The van der Waals surface area contributed by atoms with E-state index in [1.807, 2.05) is 24.3 Å². The molecule has 1 aliphatic rings. The molecule has 0 spiro atoms. The van der Waals surface area contributed by atoms with Crippen LogP contribution in [-0.2, 0) is 16.0 Å². The zero-order valence-corrected chi connectivity index (χ0v) is 29.9. The van der Waals surface area contributed by atoms with Gasteiger partial charge in [0.15, 0.2) is 6.10 Å². The molecule has 1 N–H and O–H groups in total. The van der Waals surface area contributed by atoms with Gasteiger partial charge in [-0.25, -0.2) is 0 Å². The van der Waals surface area contributed by atoms with Crippen molar-refractivity contribution in [3.63, 3.8) is 0 Å². The number of hydrogen-bond donors (Lipinski definition) is 1. The first kappa shape index (κ1) is 34.8. The Morgan fingerprint density at radius 1 is 0.756 bits per heavy atom. The van der Waals surface area contributed by atoms with Gasteiger partial charge in [-0.3, -0.25) is 4.79 Å². The molecular formula is C42H58O3. The van der Waals surface area contributed by atoms with Crippen molar-refractivity contribution in [2.24, 2.45) is 27.1 Å². The average molecular weight is 611 g/mol. The molecule has 0 amide bonds. The van der Waals surface area contributed by atoms with Crippen LogP contribution < -0.4 is 0 Å². The summed E-state index contributed by atoms with van der Waals surface area (Å²) in [6.07, 6.45) is 4.28. The van der Waals surface area contributed by atoms with Crippen LogP contribution in [0.4, 0.5) is 0 Å². The Labute approximate surface area is 273 Å². The number of fused-ring (bicyclic) bond motifs is 2. The van der Waals surface area contributed by atoms with Crippen molar-refractivity contribution in [1.82, 2.24) is 0 Å². The molecule has 0 aromatic heterocycles. The van der Waals surface area contributed by atoms with Crippen molar-refractivity contribution < 1.29 is 14.6 Å². The molecule has 3 heteroatoms. The molecular weight excluding hydrogens is 552 g/mol. The summed E-state index contributed by atoms with van der Waals surface area (Å²) in [6, 6.07) is 24.6. The van der Waals surface area contributed by atoms with Crippen molar-refractivity contribution in [2.45, 2.75) is 120 Å². The minimum atomic E-state index is -0.691. The van der Waals surface area contributed by atoms with Crippen molar-refractivity contribution >= 4 is 5.97 Å². The highest BCUT2D eigenvalue weighted by atomic mass is 16.5. The summed E-state index contributed by atoms with van der Waals surface area (Å²) in [7, 11) is 0. The Bertz CT molecular complexity index is 1420. The van der Waals surface area contributed by atoms with E-state index >= 15 is 0 Å². The van der Waals surface area contributed by atoms with Gasteiger partial charge in [0.1, 0.15) is 5.75 Å². The van der Waals surface area contributed by atoms with Crippen LogP contribution >= 0.6 is 0 Å². The molecule has 3 aromatic carbocycles. The third-order valence-corrected chi connectivity index (χ3v) is 10.7. The standard InChI is InChI=1S/C42H58O3/c1-38(2,3)27-35(29-20-22-32(43)23-21-29)41(9,10)25-24-40(7,8)28-42(11,39(4,5)6)37(44)45-36-33-18-14-12-16-30(33)26-31-17-13-15-19-34(31)36/h12-23,35-36,43H,24-28H2,1-11H3. The number of phenolic OH excluding ortho intramolecular Hbond substituents is 1. The van der Waals surface area contributed by atoms with Crippen LogP contribution in [0, 0.1) is 27.1 Å². The van der Waals surface area contributed by atoms with E-state index in [2.05, 4.69) is 125 Å². The van der Waals surface area contributed by atoms with Crippen LogP contribution in [0.25, 0.3) is 0 Å². The summed E-state index contributed by atoms with van der Waals surface area (Å²) in [5.41, 5.74) is 5.04. The molecule has 0 saturated heterocycles. The molecule has 2 unspecified atom stereocenters. The van der Waals surface area contributed by atoms with Crippen LogP contribution in [0.15, 0.2) is 72.8 Å². The fourth-order valence-corrected chi connectivity index (χ4v) is 7.33. The molecule has 0 bridgehead atoms. The first-order valence-corrected chi connectivity index (χ1v) is 16.9. The van der Waals surface area contributed by atoms with E-state index in [-0.39, 0.29) is 27.6 Å². The van der Waals surface area contributed by atoms with E-state index in [0.29, 0.717) is 11.7 Å². The number of carbonyl (C=O) groups is 1. The third kappa shape index (κ3) is 8.02. The van der Waals surface area contributed by atoms with Crippen LogP contribution in [-0.4, -0.2) is 11.1 Å². The number of rotatable bonds is 10. The van der Waals surface area contributed by atoms with Gasteiger partial charge < -0.3 is 9.84 Å². The van der Waals surface area contributed by atoms with Crippen LogP contribution in [0.2, 0.25) is 0 Å². The maximum atomic E-state index is 14.5. The number of hydrogen-bond acceptors (Lipinski definition) is 3.